The van der Waals surface area contributed by atoms with Crippen molar-refractivity contribution >= 4 is 27.9 Å². The van der Waals surface area contributed by atoms with Crippen LogP contribution >= 0.6 is 0 Å². The van der Waals surface area contributed by atoms with Gasteiger partial charge in [-0.05, 0) is 55.0 Å². The molecule has 0 fully saturated rings. The highest BCUT2D eigenvalue weighted by Gasteiger charge is 2.19. The molecular formula is C29H24FN7O. The minimum atomic E-state index is -0.329. The summed E-state index contributed by atoms with van der Waals surface area (Å²) in [4.78, 5) is 22.9. The summed E-state index contributed by atoms with van der Waals surface area (Å²) in [6.07, 6.45) is 5.02. The standard InChI is InChI=1S/C29H24FN7O/c1-18(23-13-20-8-9-21(30)14-25(20)36-26(23)24-5-3-4-12-31-24)35-28-27-29(33-16-32-28)37(17-34-27)15-19-6-10-22(38-2)11-7-19/h3-14,16-18H,15H2,1-2H3,(H,32,33,35)/t18-/m0/s1. The number of nitrogens with zero attached hydrogens (tertiary/aromatic N) is 6. The number of anilines is 1. The highest BCUT2D eigenvalue weighted by molar-refractivity contribution is 5.85. The topological polar surface area (TPSA) is 90.6 Å². The number of methoxy groups -OCH3 is 1. The Morgan fingerprint density at radius 1 is 0.974 bits per heavy atom. The van der Waals surface area contributed by atoms with E-state index in [1.165, 1.54) is 18.5 Å². The lowest BCUT2D eigenvalue weighted by atomic mass is 10.0. The van der Waals surface area contributed by atoms with Crippen LogP contribution in [0.5, 0.6) is 5.75 Å². The number of hydrogen-bond donors (Lipinski definition) is 1. The highest BCUT2D eigenvalue weighted by Crippen LogP contribution is 2.32. The van der Waals surface area contributed by atoms with Gasteiger partial charge < -0.3 is 14.6 Å². The fourth-order valence-electron chi connectivity index (χ4n) is 4.51. The first-order valence-electron chi connectivity index (χ1n) is 12.2. The number of aromatic nitrogens is 6. The zero-order valence-electron chi connectivity index (χ0n) is 20.8. The third kappa shape index (κ3) is 4.50. The lowest BCUT2D eigenvalue weighted by Gasteiger charge is -2.19. The molecule has 6 aromatic rings. The summed E-state index contributed by atoms with van der Waals surface area (Å²) >= 11 is 0. The first-order valence-corrected chi connectivity index (χ1v) is 12.2. The Balaban J connectivity index is 1.35. The summed E-state index contributed by atoms with van der Waals surface area (Å²) in [7, 11) is 1.65. The maximum absolute atomic E-state index is 13.9. The molecule has 188 valence electrons. The summed E-state index contributed by atoms with van der Waals surface area (Å²) in [5.74, 6) is 1.09. The van der Waals surface area contributed by atoms with Crippen LogP contribution < -0.4 is 10.1 Å². The SMILES string of the molecule is COc1ccc(Cn2cnc3c(N[C@@H](C)c4cc5ccc(F)cc5nc4-c4ccccn4)ncnc32)cc1. The van der Waals surface area contributed by atoms with Gasteiger partial charge in [0, 0.05) is 23.2 Å². The van der Waals surface area contributed by atoms with Crippen LogP contribution in [0.1, 0.15) is 24.1 Å². The monoisotopic (exact) mass is 505 g/mol. The Bertz CT molecular complexity index is 1740. The third-order valence-corrected chi connectivity index (χ3v) is 6.45. The largest absolute Gasteiger partial charge is 0.497 e. The van der Waals surface area contributed by atoms with Gasteiger partial charge in [0.05, 0.1) is 42.9 Å². The van der Waals surface area contributed by atoms with E-state index in [9.17, 15) is 4.39 Å². The molecule has 6 rings (SSSR count). The average molecular weight is 506 g/mol. The lowest BCUT2D eigenvalue weighted by Crippen LogP contribution is -2.11. The molecule has 0 aliphatic heterocycles. The van der Waals surface area contributed by atoms with Gasteiger partial charge in [-0.15, -0.1) is 0 Å². The maximum atomic E-state index is 13.9. The van der Waals surface area contributed by atoms with E-state index in [-0.39, 0.29) is 11.9 Å². The van der Waals surface area contributed by atoms with Crippen molar-refractivity contribution in [1.29, 1.82) is 0 Å². The third-order valence-electron chi connectivity index (χ3n) is 6.45. The van der Waals surface area contributed by atoms with Gasteiger partial charge in [-0.3, -0.25) is 4.98 Å². The maximum Gasteiger partial charge on any atom is 0.165 e. The molecule has 1 N–H and O–H groups in total. The molecule has 0 saturated heterocycles. The van der Waals surface area contributed by atoms with E-state index in [0.717, 1.165) is 27.9 Å². The van der Waals surface area contributed by atoms with Crippen molar-refractivity contribution in [2.75, 3.05) is 12.4 Å². The molecule has 0 bridgehead atoms. The molecule has 0 aliphatic rings. The molecule has 0 radical (unpaired) electrons. The molecule has 0 unspecified atom stereocenters. The van der Waals surface area contributed by atoms with Gasteiger partial charge in [0.15, 0.2) is 11.5 Å². The minimum absolute atomic E-state index is 0.209. The number of fused-ring (bicyclic) bond motifs is 2. The van der Waals surface area contributed by atoms with E-state index in [4.69, 9.17) is 9.72 Å². The van der Waals surface area contributed by atoms with E-state index < -0.39 is 0 Å². The molecule has 0 amide bonds. The second-order valence-electron chi connectivity index (χ2n) is 8.96. The first kappa shape index (κ1) is 23.5. The molecule has 4 heterocycles. The van der Waals surface area contributed by atoms with Gasteiger partial charge >= 0.3 is 0 Å². The number of imidazole rings is 1. The second-order valence-corrected chi connectivity index (χ2v) is 8.96. The number of halogens is 1. The normalized spacial score (nSPS) is 12.1. The van der Waals surface area contributed by atoms with Crippen molar-refractivity contribution in [2.45, 2.75) is 19.5 Å². The van der Waals surface area contributed by atoms with E-state index in [1.54, 1.807) is 25.7 Å². The smallest absolute Gasteiger partial charge is 0.165 e. The zero-order valence-corrected chi connectivity index (χ0v) is 20.8. The van der Waals surface area contributed by atoms with Crippen LogP contribution in [0, 0.1) is 5.82 Å². The summed E-state index contributed by atoms with van der Waals surface area (Å²) in [5, 5.41) is 4.33. The van der Waals surface area contributed by atoms with Gasteiger partial charge in [0.2, 0.25) is 0 Å². The molecule has 1 atom stereocenters. The van der Waals surface area contributed by atoms with E-state index >= 15 is 0 Å². The van der Waals surface area contributed by atoms with Crippen LogP contribution in [-0.2, 0) is 6.54 Å². The molecule has 9 heteroatoms. The Hall–Kier alpha value is -4.92. The van der Waals surface area contributed by atoms with Crippen molar-refractivity contribution in [2.24, 2.45) is 0 Å². The number of hydrogen-bond acceptors (Lipinski definition) is 7. The van der Waals surface area contributed by atoms with Crippen LogP contribution in [-0.4, -0.2) is 36.6 Å². The van der Waals surface area contributed by atoms with Crippen molar-refractivity contribution in [3.8, 4) is 17.1 Å². The molecule has 0 aliphatic carbocycles. The average Bonchev–Trinajstić information content (AvgIpc) is 3.36. The van der Waals surface area contributed by atoms with Crippen LogP contribution in [0.4, 0.5) is 10.2 Å². The Morgan fingerprint density at radius 2 is 1.84 bits per heavy atom. The molecule has 8 nitrogen and oxygen atoms in total. The summed E-state index contributed by atoms with van der Waals surface area (Å²) in [6, 6.07) is 20.0. The van der Waals surface area contributed by atoms with E-state index in [0.29, 0.717) is 34.8 Å². The van der Waals surface area contributed by atoms with Crippen LogP contribution in [0.2, 0.25) is 0 Å². The first-order chi connectivity index (χ1) is 18.6. The number of nitrogens with one attached hydrogen (secondary N) is 1. The van der Waals surface area contributed by atoms with Crippen molar-refractivity contribution in [1.82, 2.24) is 29.5 Å². The Labute approximate surface area is 218 Å². The van der Waals surface area contributed by atoms with E-state index in [2.05, 4.69) is 25.3 Å². The highest BCUT2D eigenvalue weighted by atomic mass is 19.1. The quantitative estimate of drug-likeness (QED) is 0.293. The molecule has 4 aromatic heterocycles. The van der Waals surface area contributed by atoms with E-state index in [1.807, 2.05) is 60.0 Å². The summed E-state index contributed by atoms with van der Waals surface area (Å²) in [5.41, 5.74) is 5.37. The van der Waals surface area contributed by atoms with Crippen molar-refractivity contribution < 1.29 is 9.13 Å². The van der Waals surface area contributed by atoms with Gasteiger partial charge in [0.1, 0.15) is 23.4 Å². The second kappa shape index (κ2) is 9.85. The van der Waals surface area contributed by atoms with Crippen LogP contribution in [0.3, 0.4) is 0 Å². The van der Waals surface area contributed by atoms with Crippen molar-refractivity contribution in [3.63, 3.8) is 0 Å². The molecule has 0 saturated carbocycles. The van der Waals surface area contributed by atoms with Gasteiger partial charge in [-0.25, -0.2) is 24.3 Å². The Kier molecular flexibility index (Phi) is 6.09. The number of rotatable bonds is 7. The summed E-state index contributed by atoms with van der Waals surface area (Å²) in [6.45, 7) is 2.64. The predicted molar refractivity (Wildman–Crippen MR) is 144 cm³/mol. The molecule has 0 spiro atoms. The number of ether oxygens (including phenoxy) is 1. The number of pyridine rings is 2. The predicted octanol–water partition coefficient (Wildman–Crippen LogP) is 5.81. The fourth-order valence-corrected chi connectivity index (χ4v) is 4.51. The fraction of sp³-hybridized carbons (Fsp3) is 0.138. The lowest BCUT2D eigenvalue weighted by molar-refractivity contribution is 0.414. The van der Waals surface area contributed by atoms with Gasteiger partial charge in [-0.2, -0.15) is 0 Å². The summed E-state index contributed by atoms with van der Waals surface area (Å²) < 4.78 is 21.2. The molecule has 2 aromatic carbocycles. The van der Waals surface area contributed by atoms with Crippen molar-refractivity contribution in [3.05, 3.63) is 103 Å². The minimum Gasteiger partial charge on any atom is -0.497 e. The Morgan fingerprint density at radius 3 is 2.63 bits per heavy atom. The molecule has 38 heavy (non-hydrogen) atoms. The molecular weight excluding hydrogens is 481 g/mol. The van der Waals surface area contributed by atoms with Crippen LogP contribution in [0.25, 0.3) is 33.5 Å². The number of benzene rings is 2. The van der Waals surface area contributed by atoms with Gasteiger partial charge in [-0.1, -0.05) is 18.2 Å². The van der Waals surface area contributed by atoms with Gasteiger partial charge in [0.25, 0.3) is 0 Å². The zero-order chi connectivity index (χ0) is 26.1. The van der Waals surface area contributed by atoms with Crippen LogP contribution in [0.15, 0.2) is 85.6 Å².